The molecule has 2 aromatic carbocycles. The minimum Gasteiger partial charge on any atom is -0.383 e. The molecule has 0 N–H and O–H groups in total. The lowest BCUT2D eigenvalue weighted by Gasteiger charge is -2.37. The summed E-state index contributed by atoms with van der Waals surface area (Å²) in [5, 5.41) is 0. The lowest BCUT2D eigenvalue weighted by atomic mass is 10.0. The number of anilines is 1. The topological polar surface area (TPSA) is 53.1 Å². The number of rotatable bonds is 6. The van der Waals surface area contributed by atoms with E-state index in [9.17, 15) is 9.59 Å². The van der Waals surface area contributed by atoms with Gasteiger partial charge in [0.15, 0.2) is 0 Å². The van der Waals surface area contributed by atoms with Crippen LogP contribution in [0.5, 0.6) is 0 Å². The molecule has 1 fully saturated rings. The quantitative estimate of drug-likeness (QED) is 0.692. The number of aryl methyl sites for hydroxylation is 1. The van der Waals surface area contributed by atoms with Crippen LogP contribution in [0.1, 0.15) is 11.1 Å². The fraction of sp³-hybridized carbons (Fsp3) is 0.333. The molecule has 156 valence electrons. The van der Waals surface area contributed by atoms with Gasteiger partial charge in [-0.2, -0.15) is 0 Å². The minimum atomic E-state index is -0.235. The number of benzene rings is 2. The van der Waals surface area contributed by atoms with E-state index in [1.54, 1.807) is 7.11 Å². The third-order valence-electron chi connectivity index (χ3n) is 5.72. The van der Waals surface area contributed by atoms with Crippen LogP contribution in [0.2, 0.25) is 0 Å². The average Bonchev–Trinajstić information content (AvgIpc) is 3.03. The second-order valence-electron chi connectivity index (χ2n) is 7.65. The molecule has 30 heavy (non-hydrogen) atoms. The second kappa shape index (κ2) is 8.71. The van der Waals surface area contributed by atoms with E-state index in [1.807, 2.05) is 49.4 Å². The smallest absolute Gasteiger partial charge is 0.277 e. The number of carbonyl (C=O) groups is 2. The highest BCUT2D eigenvalue weighted by atomic mass is 16.5. The van der Waals surface area contributed by atoms with Gasteiger partial charge in [0.25, 0.3) is 11.8 Å². The number of carbonyl (C=O) groups excluding carboxylic acids is 2. The summed E-state index contributed by atoms with van der Waals surface area (Å²) < 4.78 is 5.12. The van der Waals surface area contributed by atoms with Gasteiger partial charge in [0.05, 0.1) is 18.7 Å². The SMILES string of the molecule is COCCN1C(=O)C(c2ccc(C)cc2)=C(N2CCN(c3ccccc3)CC2)C1=O. The molecule has 1 saturated heterocycles. The highest BCUT2D eigenvalue weighted by molar-refractivity contribution is 6.35. The molecule has 6 nitrogen and oxygen atoms in total. The summed E-state index contributed by atoms with van der Waals surface area (Å²) in [6.07, 6.45) is 0. The van der Waals surface area contributed by atoms with E-state index in [1.165, 1.54) is 10.6 Å². The molecule has 4 rings (SSSR count). The van der Waals surface area contributed by atoms with Gasteiger partial charge in [-0.3, -0.25) is 14.5 Å². The van der Waals surface area contributed by atoms with Gasteiger partial charge in [0.1, 0.15) is 5.70 Å². The van der Waals surface area contributed by atoms with Crippen molar-refractivity contribution in [1.29, 1.82) is 0 Å². The van der Waals surface area contributed by atoms with Crippen LogP contribution < -0.4 is 4.90 Å². The van der Waals surface area contributed by atoms with Crippen molar-refractivity contribution < 1.29 is 14.3 Å². The number of piperazine rings is 1. The molecule has 0 unspecified atom stereocenters. The summed E-state index contributed by atoms with van der Waals surface area (Å²) in [7, 11) is 1.57. The molecule has 6 heteroatoms. The van der Waals surface area contributed by atoms with Gasteiger partial charge in [0, 0.05) is 39.0 Å². The zero-order valence-electron chi connectivity index (χ0n) is 17.5. The Morgan fingerprint density at radius 1 is 0.833 bits per heavy atom. The third-order valence-corrected chi connectivity index (χ3v) is 5.72. The van der Waals surface area contributed by atoms with Crippen LogP contribution in [0.25, 0.3) is 5.57 Å². The molecule has 0 aromatic heterocycles. The van der Waals surface area contributed by atoms with E-state index in [0.29, 0.717) is 31.0 Å². The van der Waals surface area contributed by atoms with E-state index in [-0.39, 0.29) is 18.4 Å². The first-order valence-electron chi connectivity index (χ1n) is 10.3. The maximum absolute atomic E-state index is 13.3. The number of para-hydroxylation sites is 1. The molecule has 0 spiro atoms. The minimum absolute atomic E-state index is 0.221. The Hall–Kier alpha value is -3.12. The molecule has 0 radical (unpaired) electrons. The number of methoxy groups -OCH3 is 1. The van der Waals surface area contributed by atoms with Crippen molar-refractivity contribution in [3.05, 3.63) is 71.4 Å². The Morgan fingerprint density at radius 2 is 1.47 bits per heavy atom. The summed E-state index contributed by atoms with van der Waals surface area (Å²) in [4.78, 5) is 32.2. The first-order chi connectivity index (χ1) is 14.6. The van der Waals surface area contributed by atoms with E-state index in [2.05, 4.69) is 21.9 Å². The van der Waals surface area contributed by atoms with Crippen LogP contribution >= 0.6 is 0 Å². The number of hydrogen-bond acceptors (Lipinski definition) is 5. The summed E-state index contributed by atoms with van der Waals surface area (Å²) >= 11 is 0. The molecule has 2 amide bonds. The number of ether oxygens (including phenoxy) is 1. The Kier molecular flexibility index (Phi) is 5.86. The van der Waals surface area contributed by atoms with Gasteiger partial charge in [0.2, 0.25) is 0 Å². The fourth-order valence-corrected chi connectivity index (χ4v) is 4.05. The van der Waals surface area contributed by atoms with E-state index >= 15 is 0 Å². The van der Waals surface area contributed by atoms with Crippen LogP contribution in [-0.2, 0) is 14.3 Å². The zero-order chi connectivity index (χ0) is 21.1. The third kappa shape index (κ3) is 3.83. The Balaban J connectivity index is 1.62. The molecular weight excluding hydrogens is 378 g/mol. The summed E-state index contributed by atoms with van der Waals surface area (Å²) in [6, 6.07) is 18.1. The van der Waals surface area contributed by atoms with Crippen LogP contribution in [0.3, 0.4) is 0 Å². The molecule has 0 aliphatic carbocycles. The molecule has 2 aromatic rings. The Morgan fingerprint density at radius 3 is 2.10 bits per heavy atom. The molecule has 2 heterocycles. The first kappa shape index (κ1) is 20.2. The molecular formula is C24H27N3O3. The van der Waals surface area contributed by atoms with Gasteiger partial charge >= 0.3 is 0 Å². The number of hydrogen-bond donors (Lipinski definition) is 0. The molecule has 2 aliphatic heterocycles. The van der Waals surface area contributed by atoms with Gasteiger partial charge in [-0.25, -0.2) is 0 Å². The summed E-state index contributed by atoms with van der Waals surface area (Å²) in [5.74, 6) is -0.456. The first-order valence-corrected chi connectivity index (χ1v) is 10.3. The van der Waals surface area contributed by atoms with Crippen molar-refractivity contribution in [3.63, 3.8) is 0 Å². The lowest BCUT2D eigenvalue weighted by molar-refractivity contribution is -0.138. The summed E-state index contributed by atoms with van der Waals surface area (Å²) in [6.45, 7) is 5.58. The highest BCUT2D eigenvalue weighted by Gasteiger charge is 2.41. The molecule has 0 saturated carbocycles. The molecule has 2 aliphatic rings. The maximum Gasteiger partial charge on any atom is 0.277 e. The second-order valence-corrected chi connectivity index (χ2v) is 7.65. The summed E-state index contributed by atoms with van der Waals surface area (Å²) in [5.41, 5.74) is 4.11. The van der Waals surface area contributed by atoms with Crippen molar-refractivity contribution in [2.75, 3.05) is 51.3 Å². The Bertz CT molecular complexity index is 945. The van der Waals surface area contributed by atoms with E-state index in [4.69, 9.17) is 4.74 Å². The van der Waals surface area contributed by atoms with Crippen molar-refractivity contribution in [2.24, 2.45) is 0 Å². The van der Waals surface area contributed by atoms with Crippen LogP contribution in [-0.4, -0.2) is 68.1 Å². The molecule has 0 atom stereocenters. The average molecular weight is 405 g/mol. The van der Waals surface area contributed by atoms with Gasteiger partial charge in [-0.1, -0.05) is 48.0 Å². The number of amides is 2. The Labute approximate surface area is 177 Å². The van der Waals surface area contributed by atoms with Crippen LogP contribution in [0.4, 0.5) is 5.69 Å². The van der Waals surface area contributed by atoms with Gasteiger partial charge in [-0.15, -0.1) is 0 Å². The van der Waals surface area contributed by atoms with Gasteiger partial charge in [-0.05, 0) is 24.6 Å². The largest absolute Gasteiger partial charge is 0.383 e. The highest BCUT2D eigenvalue weighted by Crippen LogP contribution is 2.32. The van der Waals surface area contributed by atoms with Crippen molar-refractivity contribution >= 4 is 23.1 Å². The normalized spacial score (nSPS) is 17.3. The lowest BCUT2D eigenvalue weighted by Crippen LogP contribution is -2.47. The van der Waals surface area contributed by atoms with Gasteiger partial charge < -0.3 is 14.5 Å². The number of imide groups is 1. The maximum atomic E-state index is 13.3. The monoisotopic (exact) mass is 405 g/mol. The fourth-order valence-electron chi connectivity index (χ4n) is 4.05. The van der Waals surface area contributed by atoms with E-state index in [0.717, 1.165) is 24.2 Å². The van der Waals surface area contributed by atoms with Crippen molar-refractivity contribution in [1.82, 2.24) is 9.80 Å². The molecule has 0 bridgehead atoms. The predicted molar refractivity (Wildman–Crippen MR) is 117 cm³/mol. The standard InChI is InChI=1S/C24H27N3O3/c1-18-8-10-19(11-9-18)21-22(24(29)27(23(21)28)16-17-30-2)26-14-12-25(13-15-26)20-6-4-3-5-7-20/h3-11H,12-17H2,1-2H3. The zero-order valence-corrected chi connectivity index (χ0v) is 17.5. The number of nitrogens with zero attached hydrogens (tertiary/aromatic N) is 3. The van der Waals surface area contributed by atoms with E-state index < -0.39 is 0 Å². The van der Waals surface area contributed by atoms with Crippen LogP contribution in [0, 0.1) is 6.92 Å². The van der Waals surface area contributed by atoms with Crippen molar-refractivity contribution in [2.45, 2.75) is 6.92 Å². The predicted octanol–water partition coefficient (Wildman–Crippen LogP) is 2.54. The van der Waals surface area contributed by atoms with Crippen molar-refractivity contribution in [3.8, 4) is 0 Å². The van der Waals surface area contributed by atoms with Crippen LogP contribution in [0.15, 0.2) is 60.3 Å².